The Labute approximate surface area is 114 Å². The summed E-state index contributed by atoms with van der Waals surface area (Å²) in [6, 6.07) is 0. The minimum absolute atomic E-state index is 0.176. The molecule has 2 N–H and O–H groups in total. The van der Waals surface area contributed by atoms with Gasteiger partial charge in [0.05, 0.1) is 10.6 Å². The third-order valence-corrected chi connectivity index (χ3v) is 4.93. The van der Waals surface area contributed by atoms with Crippen molar-refractivity contribution in [3.05, 3.63) is 16.3 Å². The van der Waals surface area contributed by atoms with Crippen LogP contribution in [0.4, 0.5) is 5.00 Å². The van der Waals surface area contributed by atoms with Crippen LogP contribution < -0.4 is 5.73 Å². The number of hydrogen-bond acceptors (Lipinski definition) is 7. The molecule has 0 saturated heterocycles. The van der Waals surface area contributed by atoms with Gasteiger partial charge in [0.25, 0.3) is 5.89 Å². The first kappa shape index (κ1) is 12.6. The first-order valence-electron chi connectivity index (χ1n) is 5.85. The predicted octanol–water partition coefficient (Wildman–Crippen LogP) is 1.41. The highest BCUT2D eigenvalue weighted by Crippen LogP contribution is 2.42. The van der Waals surface area contributed by atoms with Gasteiger partial charge in [-0.05, 0) is 24.8 Å². The summed E-state index contributed by atoms with van der Waals surface area (Å²) in [4.78, 5) is 5.42. The van der Waals surface area contributed by atoms with Crippen LogP contribution in [-0.4, -0.2) is 24.8 Å². The lowest BCUT2D eigenvalue weighted by Gasteiger charge is -1.96. The molecule has 0 fully saturated rings. The monoisotopic (exact) mass is 299 g/mol. The fourth-order valence-corrected chi connectivity index (χ4v) is 4.05. The van der Waals surface area contributed by atoms with Crippen LogP contribution in [0.25, 0.3) is 11.5 Å². The van der Waals surface area contributed by atoms with E-state index in [1.165, 1.54) is 10.4 Å². The van der Waals surface area contributed by atoms with E-state index in [1.54, 1.807) is 11.3 Å². The van der Waals surface area contributed by atoms with Crippen molar-refractivity contribution in [2.45, 2.75) is 25.0 Å². The summed E-state index contributed by atoms with van der Waals surface area (Å²) < 4.78 is 27.6. The normalized spacial score (nSPS) is 14.8. The summed E-state index contributed by atoms with van der Waals surface area (Å²) in [5.41, 5.74) is 7.97. The summed E-state index contributed by atoms with van der Waals surface area (Å²) in [6.45, 7) is 0. The molecular formula is C11H13N3O3S2. The van der Waals surface area contributed by atoms with Crippen molar-refractivity contribution in [1.29, 1.82) is 0 Å². The van der Waals surface area contributed by atoms with E-state index in [2.05, 4.69) is 10.1 Å². The molecule has 0 atom stereocenters. The fraction of sp³-hybridized carbons (Fsp3) is 0.455. The molecule has 0 bridgehead atoms. The van der Waals surface area contributed by atoms with Crippen molar-refractivity contribution in [2.24, 2.45) is 0 Å². The number of thiophene rings is 1. The van der Waals surface area contributed by atoms with Gasteiger partial charge in [0.15, 0.2) is 15.7 Å². The molecule has 0 amide bonds. The molecule has 3 rings (SSSR count). The Hall–Kier alpha value is -1.41. The second-order valence-electron chi connectivity index (χ2n) is 4.68. The number of anilines is 1. The highest BCUT2D eigenvalue weighted by Gasteiger charge is 2.25. The van der Waals surface area contributed by atoms with Gasteiger partial charge in [-0.15, -0.1) is 11.3 Å². The first-order chi connectivity index (χ1) is 8.94. The van der Waals surface area contributed by atoms with E-state index in [4.69, 9.17) is 10.3 Å². The number of sulfone groups is 1. The molecule has 102 valence electrons. The van der Waals surface area contributed by atoms with E-state index < -0.39 is 9.84 Å². The third kappa shape index (κ3) is 2.37. The van der Waals surface area contributed by atoms with Crippen molar-refractivity contribution in [3.63, 3.8) is 0 Å². The molecule has 0 spiro atoms. The SMILES string of the molecule is CS(=O)(=O)Cc1noc(-c2c(N)sc3c2CCC3)n1. The van der Waals surface area contributed by atoms with Gasteiger partial charge in [-0.3, -0.25) is 0 Å². The van der Waals surface area contributed by atoms with Crippen LogP contribution in [0, 0.1) is 0 Å². The van der Waals surface area contributed by atoms with Crippen LogP contribution in [0.2, 0.25) is 0 Å². The zero-order chi connectivity index (χ0) is 13.6. The molecule has 2 heterocycles. The Balaban J connectivity index is 2.00. The van der Waals surface area contributed by atoms with E-state index in [9.17, 15) is 8.42 Å². The predicted molar refractivity (Wildman–Crippen MR) is 72.6 cm³/mol. The van der Waals surface area contributed by atoms with Gasteiger partial charge in [-0.2, -0.15) is 4.98 Å². The zero-order valence-electron chi connectivity index (χ0n) is 10.3. The van der Waals surface area contributed by atoms with E-state index in [0.717, 1.165) is 31.1 Å². The van der Waals surface area contributed by atoms with Gasteiger partial charge in [-0.1, -0.05) is 5.16 Å². The zero-order valence-corrected chi connectivity index (χ0v) is 12.0. The third-order valence-electron chi connectivity index (χ3n) is 3.02. The molecule has 8 heteroatoms. The number of nitrogens with zero attached hydrogens (tertiary/aromatic N) is 2. The molecule has 2 aromatic rings. The van der Waals surface area contributed by atoms with Crippen molar-refractivity contribution in [1.82, 2.24) is 10.1 Å². The first-order valence-corrected chi connectivity index (χ1v) is 8.72. The summed E-state index contributed by atoms with van der Waals surface area (Å²) in [5.74, 6) is 0.285. The fourth-order valence-electron chi connectivity index (χ4n) is 2.31. The number of nitrogens with two attached hydrogens (primary N) is 1. The summed E-state index contributed by atoms with van der Waals surface area (Å²) in [5, 5.41) is 4.37. The van der Waals surface area contributed by atoms with Crippen LogP contribution in [0.5, 0.6) is 0 Å². The molecule has 19 heavy (non-hydrogen) atoms. The second-order valence-corrected chi connectivity index (χ2v) is 7.96. The Kier molecular flexibility index (Phi) is 2.86. The lowest BCUT2D eigenvalue weighted by atomic mass is 10.1. The lowest BCUT2D eigenvalue weighted by Crippen LogP contribution is -2.02. The molecule has 0 aliphatic heterocycles. The van der Waals surface area contributed by atoms with E-state index in [1.807, 2.05) is 0 Å². The molecule has 0 unspecified atom stereocenters. The molecule has 6 nitrogen and oxygen atoms in total. The maximum atomic E-state index is 11.2. The van der Waals surface area contributed by atoms with E-state index in [-0.39, 0.29) is 11.6 Å². The summed E-state index contributed by atoms with van der Waals surface area (Å²) >= 11 is 1.55. The van der Waals surface area contributed by atoms with Gasteiger partial charge in [0.2, 0.25) is 0 Å². The number of aromatic nitrogens is 2. The van der Waals surface area contributed by atoms with Crippen LogP contribution in [0.1, 0.15) is 22.7 Å². The quantitative estimate of drug-likeness (QED) is 0.920. The maximum Gasteiger partial charge on any atom is 0.261 e. The van der Waals surface area contributed by atoms with Gasteiger partial charge >= 0.3 is 0 Å². The minimum atomic E-state index is -3.17. The highest BCUT2D eigenvalue weighted by molar-refractivity contribution is 7.89. The second kappa shape index (κ2) is 4.31. The van der Waals surface area contributed by atoms with Crippen LogP contribution >= 0.6 is 11.3 Å². The number of aryl methyl sites for hydroxylation is 1. The van der Waals surface area contributed by atoms with Crippen molar-refractivity contribution >= 4 is 26.2 Å². The van der Waals surface area contributed by atoms with Crippen LogP contribution in [0.15, 0.2) is 4.52 Å². The molecule has 0 radical (unpaired) electrons. The highest BCUT2D eigenvalue weighted by atomic mass is 32.2. The average molecular weight is 299 g/mol. The smallest absolute Gasteiger partial charge is 0.261 e. The van der Waals surface area contributed by atoms with Crippen molar-refractivity contribution in [2.75, 3.05) is 12.0 Å². The summed E-state index contributed by atoms with van der Waals surface area (Å²) in [6.07, 6.45) is 4.25. The Morgan fingerprint density at radius 3 is 2.95 bits per heavy atom. The van der Waals surface area contributed by atoms with Crippen molar-refractivity contribution < 1.29 is 12.9 Å². The van der Waals surface area contributed by atoms with Gasteiger partial charge < -0.3 is 10.3 Å². The van der Waals surface area contributed by atoms with Gasteiger partial charge in [0, 0.05) is 11.1 Å². The number of hydrogen-bond donors (Lipinski definition) is 1. The number of nitrogen functional groups attached to an aromatic ring is 1. The van der Waals surface area contributed by atoms with Crippen LogP contribution in [-0.2, 0) is 28.4 Å². The van der Waals surface area contributed by atoms with Crippen LogP contribution in [0.3, 0.4) is 0 Å². The van der Waals surface area contributed by atoms with E-state index in [0.29, 0.717) is 10.9 Å². The van der Waals surface area contributed by atoms with Gasteiger partial charge in [0.1, 0.15) is 5.75 Å². The maximum absolute atomic E-state index is 11.2. The molecule has 1 aliphatic carbocycles. The Morgan fingerprint density at radius 2 is 2.21 bits per heavy atom. The molecule has 1 aliphatic rings. The van der Waals surface area contributed by atoms with Gasteiger partial charge in [-0.25, -0.2) is 8.42 Å². The number of rotatable bonds is 3. The Bertz CT molecular complexity index is 730. The average Bonchev–Trinajstić information content (AvgIpc) is 2.91. The van der Waals surface area contributed by atoms with E-state index >= 15 is 0 Å². The minimum Gasteiger partial charge on any atom is -0.390 e. The lowest BCUT2D eigenvalue weighted by molar-refractivity contribution is 0.424. The Morgan fingerprint density at radius 1 is 1.42 bits per heavy atom. The topological polar surface area (TPSA) is 99.1 Å². The molecular weight excluding hydrogens is 286 g/mol. The molecule has 0 aromatic carbocycles. The largest absolute Gasteiger partial charge is 0.390 e. The van der Waals surface area contributed by atoms with Crippen molar-refractivity contribution in [3.8, 4) is 11.5 Å². The number of fused-ring (bicyclic) bond motifs is 1. The summed E-state index contributed by atoms with van der Waals surface area (Å²) in [7, 11) is -3.17. The standard InChI is InChI=1S/C11H13N3O3S2/c1-19(15,16)5-8-13-11(17-14-8)9-6-3-2-4-7(6)18-10(9)12/h2-5,12H2,1H3. The molecule has 2 aromatic heterocycles. The molecule has 0 saturated carbocycles.